The Labute approximate surface area is 140 Å². The summed E-state index contributed by atoms with van der Waals surface area (Å²) in [4.78, 5) is 12.2. The van der Waals surface area contributed by atoms with Gasteiger partial charge in [-0.15, -0.1) is 10.2 Å². The number of rotatable bonds is 4. The predicted molar refractivity (Wildman–Crippen MR) is 92.3 cm³/mol. The first-order valence-corrected chi connectivity index (χ1v) is 8.51. The van der Waals surface area contributed by atoms with E-state index >= 15 is 0 Å². The average molecular weight is 379 g/mol. The van der Waals surface area contributed by atoms with Gasteiger partial charge in [0.05, 0.1) is 0 Å². The van der Waals surface area contributed by atoms with E-state index in [1.165, 1.54) is 11.3 Å². The van der Waals surface area contributed by atoms with Gasteiger partial charge in [0.15, 0.2) is 0 Å². The minimum absolute atomic E-state index is 0.107. The predicted octanol–water partition coefficient (Wildman–Crippen LogP) is 4.02. The molecule has 0 atom stereocenters. The van der Waals surface area contributed by atoms with Crippen LogP contribution in [0.15, 0.2) is 34.9 Å². The fraction of sp³-hybridized carbons (Fsp3) is 0.267. The zero-order valence-corrected chi connectivity index (χ0v) is 14.6. The lowest BCUT2D eigenvalue weighted by atomic mass is 10.2. The van der Waals surface area contributed by atoms with Crippen molar-refractivity contribution in [3.63, 3.8) is 0 Å². The minimum Gasteiger partial charge on any atom is -0.338 e. The first kappa shape index (κ1) is 15.2. The van der Waals surface area contributed by atoms with Crippen molar-refractivity contribution in [2.45, 2.75) is 26.3 Å². The maximum absolute atomic E-state index is 12.2. The van der Waals surface area contributed by atoms with E-state index in [2.05, 4.69) is 45.3 Å². The van der Waals surface area contributed by atoms with Crippen LogP contribution in [0.3, 0.4) is 0 Å². The van der Waals surface area contributed by atoms with Crippen molar-refractivity contribution < 1.29 is 4.79 Å². The van der Waals surface area contributed by atoms with E-state index in [9.17, 15) is 4.79 Å². The highest BCUT2D eigenvalue weighted by Crippen LogP contribution is 2.23. The highest BCUT2D eigenvalue weighted by molar-refractivity contribution is 9.10. The number of aromatic nitrogens is 3. The van der Waals surface area contributed by atoms with Crippen LogP contribution in [0, 0.1) is 0 Å². The molecule has 7 heteroatoms. The van der Waals surface area contributed by atoms with Crippen molar-refractivity contribution in [1.82, 2.24) is 14.8 Å². The van der Waals surface area contributed by atoms with Crippen molar-refractivity contribution >= 4 is 49.2 Å². The normalized spacial score (nSPS) is 11.3. The Kier molecular flexibility index (Phi) is 4.26. The molecule has 0 radical (unpaired) electrons. The Morgan fingerprint density at radius 2 is 2.18 bits per heavy atom. The van der Waals surface area contributed by atoms with E-state index in [1.54, 1.807) is 0 Å². The third-order valence-corrected chi connectivity index (χ3v) is 4.86. The van der Waals surface area contributed by atoms with E-state index in [-0.39, 0.29) is 12.5 Å². The average Bonchev–Trinajstić information content (AvgIpc) is 3.07. The number of benzene rings is 1. The number of hydrogen-bond donors (Lipinski definition) is 1. The van der Waals surface area contributed by atoms with Crippen molar-refractivity contribution in [3.8, 4) is 0 Å². The van der Waals surface area contributed by atoms with Crippen LogP contribution in [0.1, 0.15) is 24.8 Å². The molecule has 22 heavy (non-hydrogen) atoms. The molecule has 0 aliphatic heterocycles. The monoisotopic (exact) mass is 378 g/mol. The lowest BCUT2D eigenvalue weighted by molar-refractivity contribution is -0.116. The molecule has 5 nitrogen and oxygen atoms in total. The Balaban J connectivity index is 1.74. The summed E-state index contributed by atoms with van der Waals surface area (Å²) in [6, 6.07) is 8.01. The molecule has 3 aromatic rings. The van der Waals surface area contributed by atoms with Gasteiger partial charge >= 0.3 is 0 Å². The summed E-state index contributed by atoms with van der Waals surface area (Å²) in [5.74, 6) is 0.206. The number of carbonyl (C=O) groups is 1. The second kappa shape index (κ2) is 6.18. The summed E-state index contributed by atoms with van der Waals surface area (Å²) >= 11 is 4.87. The molecule has 0 aliphatic rings. The van der Waals surface area contributed by atoms with Crippen LogP contribution in [-0.4, -0.2) is 20.7 Å². The number of carbonyl (C=O) groups excluding carboxylic acids is 1. The molecule has 0 saturated carbocycles. The summed E-state index contributed by atoms with van der Waals surface area (Å²) in [6.45, 7) is 4.35. The molecular formula is C15H15BrN4OS. The van der Waals surface area contributed by atoms with Crippen molar-refractivity contribution in [1.29, 1.82) is 0 Å². The first-order chi connectivity index (χ1) is 10.5. The summed E-state index contributed by atoms with van der Waals surface area (Å²) in [6.07, 6.45) is 1.91. The Hall–Kier alpha value is -1.73. The van der Waals surface area contributed by atoms with E-state index < -0.39 is 0 Å². The SMILES string of the molecule is CC(C)c1nnc(NC(=O)Cn2ccc3ccc(Br)cc32)s1. The van der Waals surface area contributed by atoms with Gasteiger partial charge in [-0.25, -0.2) is 0 Å². The zero-order valence-electron chi connectivity index (χ0n) is 12.2. The minimum atomic E-state index is -0.107. The molecule has 0 aliphatic carbocycles. The van der Waals surface area contributed by atoms with Gasteiger partial charge in [-0.2, -0.15) is 0 Å². The van der Waals surface area contributed by atoms with E-state index in [4.69, 9.17) is 0 Å². The molecule has 3 rings (SSSR count). The number of hydrogen-bond acceptors (Lipinski definition) is 4. The Morgan fingerprint density at radius 3 is 2.91 bits per heavy atom. The van der Waals surface area contributed by atoms with Gasteiger partial charge in [0.2, 0.25) is 11.0 Å². The second-order valence-corrected chi connectivity index (χ2v) is 7.22. The molecule has 0 spiro atoms. The maximum atomic E-state index is 12.2. The molecule has 2 aromatic heterocycles. The molecule has 114 valence electrons. The van der Waals surface area contributed by atoms with Gasteiger partial charge in [-0.3, -0.25) is 10.1 Å². The number of fused-ring (bicyclic) bond motifs is 1. The van der Waals surface area contributed by atoms with Gasteiger partial charge < -0.3 is 4.57 Å². The molecule has 0 bridgehead atoms. The van der Waals surface area contributed by atoms with Gasteiger partial charge in [0.25, 0.3) is 0 Å². The largest absolute Gasteiger partial charge is 0.338 e. The van der Waals surface area contributed by atoms with Crippen LogP contribution in [-0.2, 0) is 11.3 Å². The molecule has 0 fully saturated rings. The van der Waals surface area contributed by atoms with Crippen LogP contribution in [0.5, 0.6) is 0 Å². The topological polar surface area (TPSA) is 59.8 Å². The molecule has 0 unspecified atom stereocenters. The summed E-state index contributed by atoms with van der Waals surface area (Å²) in [5.41, 5.74) is 1.02. The first-order valence-electron chi connectivity index (χ1n) is 6.90. The second-order valence-electron chi connectivity index (χ2n) is 5.30. The molecular weight excluding hydrogens is 364 g/mol. The highest BCUT2D eigenvalue weighted by Gasteiger charge is 2.11. The number of anilines is 1. The van der Waals surface area contributed by atoms with Crippen LogP contribution in [0.4, 0.5) is 5.13 Å². The van der Waals surface area contributed by atoms with Gasteiger partial charge in [-0.1, -0.05) is 47.2 Å². The van der Waals surface area contributed by atoms with Gasteiger partial charge in [-0.05, 0) is 23.6 Å². The van der Waals surface area contributed by atoms with Crippen molar-refractivity contribution in [2.24, 2.45) is 0 Å². The molecule has 1 aromatic carbocycles. The molecule has 1 N–H and O–H groups in total. The standard InChI is InChI=1S/C15H15BrN4OS/c1-9(2)14-18-19-15(22-14)17-13(21)8-20-6-5-10-3-4-11(16)7-12(10)20/h3-7,9H,8H2,1-2H3,(H,17,19,21). The van der Waals surface area contributed by atoms with Crippen molar-refractivity contribution in [3.05, 3.63) is 39.9 Å². The fourth-order valence-corrected chi connectivity index (χ4v) is 3.24. The van der Waals surface area contributed by atoms with Crippen LogP contribution in [0.2, 0.25) is 0 Å². The zero-order chi connectivity index (χ0) is 15.7. The van der Waals surface area contributed by atoms with Gasteiger partial charge in [0.1, 0.15) is 11.6 Å². The Bertz CT molecular complexity index is 824. The third kappa shape index (κ3) is 3.20. The molecule has 0 saturated heterocycles. The van der Waals surface area contributed by atoms with Crippen LogP contribution < -0.4 is 5.32 Å². The van der Waals surface area contributed by atoms with E-state index in [0.29, 0.717) is 11.0 Å². The summed E-state index contributed by atoms with van der Waals surface area (Å²) in [7, 11) is 0. The number of nitrogens with one attached hydrogen (secondary N) is 1. The molecule has 2 heterocycles. The van der Waals surface area contributed by atoms with E-state index in [1.807, 2.05) is 35.0 Å². The number of nitrogens with zero attached hydrogens (tertiary/aromatic N) is 3. The third-order valence-electron chi connectivity index (χ3n) is 3.23. The fourth-order valence-electron chi connectivity index (χ4n) is 2.13. The lowest BCUT2D eigenvalue weighted by Crippen LogP contribution is -2.18. The van der Waals surface area contributed by atoms with Crippen LogP contribution >= 0.6 is 27.3 Å². The summed E-state index contributed by atoms with van der Waals surface area (Å²) in [5, 5.41) is 13.5. The summed E-state index contributed by atoms with van der Waals surface area (Å²) < 4.78 is 2.91. The maximum Gasteiger partial charge on any atom is 0.246 e. The quantitative estimate of drug-likeness (QED) is 0.745. The lowest BCUT2D eigenvalue weighted by Gasteiger charge is -2.05. The van der Waals surface area contributed by atoms with E-state index in [0.717, 1.165) is 20.4 Å². The molecule has 1 amide bonds. The van der Waals surface area contributed by atoms with Gasteiger partial charge in [0, 0.05) is 22.1 Å². The number of amides is 1. The Morgan fingerprint density at radius 1 is 1.36 bits per heavy atom. The smallest absolute Gasteiger partial charge is 0.246 e. The number of halogens is 1. The van der Waals surface area contributed by atoms with Crippen LogP contribution in [0.25, 0.3) is 10.9 Å². The van der Waals surface area contributed by atoms with Crippen molar-refractivity contribution in [2.75, 3.05) is 5.32 Å². The highest BCUT2D eigenvalue weighted by atomic mass is 79.9.